The van der Waals surface area contributed by atoms with Crippen LogP contribution in [0, 0.1) is 41.4 Å². The minimum absolute atomic E-state index is 0.792. The largest absolute Gasteiger partial charge is 0.296 e. The Morgan fingerprint density at radius 1 is 0.615 bits per heavy atom. The number of nitrogens with zero attached hydrogens (tertiary/aromatic N) is 1. The van der Waals surface area contributed by atoms with Gasteiger partial charge in [-0.2, -0.15) is 0 Å². The van der Waals surface area contributed by atoms with Crippen LogP contribution in [0.15, 0.2) is 71.4 Å². The van der Waals surface area contributed by atoms with E-state index in [1.165, 1.54) is 114 Å². The summed E-state index contributed by atoms with van der Waals surface area (Å²) in [5.41, 5.74) is 8.44. The molecule has 8 rings (SSSR count). The lowest BCUT2D eigenvalue weighted by molar-refractivity contribution is 0.0381. The molecule has 9 unspecified atom stereocenters. The van der Waals surface area contributed by atoms with Crippen LogP contribution in [0.25, 0.3) is 5.57 Å². The fourth-order valence-corrected chi connectivity index (χ4v) is 10.4. The highest BCUT2D eigenvalue weighted by Gasteiger charge is 2.53. The van der Waals surface area contributed by atoms with Crippen LogP contribution in [0.5, 0.6) is 0 Å². The first kappa shape index (κ1) is 24.9. The summed E-state index contributed by atoms with van der Waals surface area (Å²) in [6.07, 6.45) is 30.6. The SMILES string of the molecule is C1=C(c2ccccc2)CCC(C2CC=C(C3CCC(C4C=C(C5CN6CC56)CCC4)C4CCCCC34)CC2)=C1. The summed E-state index contributed by atoms with van der Waals surface area (Å²) in [6.45, 7) is 2.79. The fourth-order valence-electron chi connectivity index (χ4n) is 10.4. The van der Waals surface area contributed by atoms with Crippen molar-refractivity contribution in [1.29, 1.82) is 0 Å². The smallest absolute Gasteiger partial charge is 0.0301 e. The third-order valence-corrected chi connectivity index (χ3v) is 12.6. The standard InChI is InChI=1S/C38H49N/c1-2-7-26(8-3-1)27-13-15-28(16-14-27)29-17-19-30(20-18-29)33-21-22-34(36-12-5-4-11-35(33)36)31-9-6-10-32(23-31)37-24-39-25-38(37)39/h1-3,7-8,13,15,19,23,29,31,33-38H,4-6,9-12,14,16-18,20-22,24-25H2. The van der Waals surface area contributed by atoms with E-state index in [4.69, 9.17) is 0 Å². The molecule has 0 N–H and O–H groups in total. The van der Waals surface area contributed by atoms with E-state index in [-0.39, 0.29) is 0 Å². The average molecular weight is 520 g/mol. The molecule has 0 spiro atoms. The van der Waals surface area contributed by atoms with Crippen molar-refractivity contribution < 1.29 is 0 Å². The van der Waals surface area contributed by atoms with Crippen LogP contribution in [0.1, 0.15) is 95.5 Å². The predicted octanol–water partition coefficient (Wildman–Crippen LogP) is 9.39. The highest BCUT2D eigenvalue weighted by atomic mass is 15.4. The van der Waals surface area contributed by atoms with Crippen molar-refractivity contribution in [2.24, 2.45) is 41.4 Å². The van der Waals surface area contributed by atoms with Gasteiger partial charge in [0.15, 0.2) is 0 Å². The van der Waals surface area contributed by atoms with E-state index in [2.05, 4.69) is 59.5 Å². The minimum atomic E-state index is 0.792. The second kappa shape index (κ2) is 10.5. The van der Waals surface area contributed by atoms with Crippen LogP contribution in [0.4, 0.5) is 0 Å². The summed E-state index contributed by atoms with van der Waals surface area (Å²) >= 11 is 0. The Labute approximate surface area is 237 Å². The molecular formula is C38H49N. The summed E-state index contributed by atoms with van der Waals surface area (Å²) in [5.74, 6) is 6.56. The van der Waals surface area contributed by atoms with Gasteiger partial charge in [0.05, 0.1) is 0 Å². The zero-order valence-corrected chi connectivity index (χ0v) is 24.1. The molecule has 2 heterocycles. The molecule has 5 aliphatic carbocycles. The Hall–Kier alpha value is -1.86. The molecule has 9 atom stereocenters. The van der Waals surface area contributed by atoms with Gasteiger partial charge in [-0.15, -0.1) is 0 Å². The van der Waals surface area contributed by atoms with E-state index < -0.39 is 0 Å². The van der Waals surface area contributed by atoms with Gasteiger partial charge in [0.2, 0.25) is 0 Å². The lowest BCUT2D eigenvalue weighted by atomic mass is 9.55. The molecule has 4 fully saturated rings. The first-order valence-electron chi connectivity index (χ1n) is 16.9. The third kappa shape index (κ3) is 4.75. The first-order chi connectivity index (χ1) is 19.3. The summed E-state index contributed by atoms with van der Waals surface area (Å²) in [7, 11) is 0. The van der Waals surface area contributed by atoms with Crippen LogP contribution in [-0.4, -0.2) is 24.0 Å². The molecule has 39 heavy (non-hydrogen) atoms. The van der Waals surface area contributed by atoms with E-state index in [0.717, 1.165) is 47.5 Å². The predicted molar refractivity (Wildman–Crippen MR) is 163 cm³/mol. The fraction of sp³-hybridized carbons (Fsp3) is 0.632. The second-order valence-corrected chi connectivity index (χ2v) is 14.4. The molecule has 2 saturated carbocycles. The summed E-state index contributed by atoms with van der Waals surface area (Å²) in [5, 5.41) is 0. The van der Waals surface area contributed by atoms with E-state index >= 15 is 0 Å². The molecule has 1 nitrogen and oxygen atoms in total. The minimum Gasteiger partial charge on any atom is -0.296 e. The number of benzene rings is 1. The highest BCUT2D eigenvalue weighted by Crippen LogP contribution is 2.55. The molecule has 7 aliphatic rings. The summed E-state index contributed by atoms with van der Waals surface area (Å²) < 4.78 is 0. The molecule has 0 bridgehead atoms. The molecule has 0 radical (unpaired) electrons. The third-order valence-electron chi connectivity index (χ3n) is 12.6. The van der Waals surface area contributed by atoms with Crippen LogP contribution in [0.2, 0.25) is 0 Å². The van der Waals surface area contributed by atoms with Gasteiger partial charge in [-0.3, -0.25) is 4.90 Å². The van der Waals surface area contributed by atoms with E-state index in [9.17, 15) is 0 Å². The maximum absolute atomic E-state index is 2.88. The summed E-state index contributed by atoms with van der Waals surface area (Å²) in [4.78, 5) is 2.67. The maximum atomic E-state index is 2.88. The topological polar surface area (TPSA) is 3.01 Å². The number of hydrogen-bond acceptors (Lipinski definition) is 1. The average Bonchev–Trinajstić information content (AvgIpc) is 3.65. The van der Waals surface area contributed by atoms with Gasteiger partial charge in [0.1, 0.15) is 0 Å². The molecule has 1 aromatic carbocycles. The van der Waals surface area contributed by atoms with Crippen molar-refractivity contribution in [2.75, 3.05) is 13.1 Å². The van der Waals surface area contributed by atoms with Crippen molar-refractivity contribution in [3.8, 4) is 0 Å². The Balaban J connectivity index is 0.941. The van der Waals surface area contributed by atoms with Crippen molar-refractivity contribution >= 4 is 5.57 Å². The first-order valence-corrected chi connectivity index (χ1v) is 16.9. The second-order valence-electron chi connectivity index (χ2n) is 14.4. The molecule has 0 aromatic heterocycles. The van der Waals surface area contributed by atoms with Crippen molar-refractivity contribution in [3.63, 3.8) is 0 Å². The summed E-state index contributed by atoms with van der Waals surface area (Å²) in [6, 6.07) is 12.0. The molecule has 2 aliphatic heterocycles. The Bertz CT molecular complexity index is 1180. The van der Waals surface area contributed by atoms with Gasteiger partial charge in [-0.25, -0.2) is 0 Å². The number of fused-ring (bicyclic) bond motifs is 2. The normalized spacial score (nSPS) is 41.6. The van der Waals surface area contributed by atoms with Gasteiger partial charge in [-0.05, 0) is 124 Å². The molecule has 2 saturated heterocycles. The number of allylic oxidation sites excluding steroid dienone is 7. The van der Waals surface area contributed by atoms with Crippen LogP contribution in [-0.2, 0) is 0 Å². The lowest BCUT2D eigenvalue weighted by Crippen LogP contribution is -2.41. The van der Waals surface area contributed by atoms with Crippen LogP contribution in [0.3, 0.4) is 0 Å². The lowest BCUT2D eigenvalue weighted by Gasteiger charge is -2.50. The van der Waals surface area contributed by atoms with Gasteiger partial charge in [-0.1, -0.05) is 84.2 Å². The molecule has 1 heteroatoms. The van der Waals surface area contributed by atoms with Gasteiger partial charge in [0.25, 0.3) is 0 Å². The molecule has 206 valence electrons. The molecular weight excluding hydrogens is 470 g/mol. The quantitative estimate of drug-likeness (QED) is 0.276. The van der Waals surface area contributed by atoms with Crippen molar-refractivity contribution in [1.82, 2.24) is 4.90 Å². The highest BCUT2D eigenvalue weighted by molar-refractivity contribution is 5.68. The number of rotatable bonds is 5. The molecule has 1 aromatic rings. The zero-order chi connectivity index (χ0) is 25.8. The van der Waals surface area contributed by atoms with Crippen LogP contribution >= 0.6 is 0 Å². The van der Waals surface area contributed by atoms with Gasteiger partial charge in [0, 0.05) is 25.0 Å². The zero-order valence-electron chi connectivity index (χ0n) is 24.1. The maximum Gasteiger partial charge on any atom is 0.0301 e. The van der Waals surface area contributed by atoms with E-state index in [0.29, 0.717) is 0 Å². The van der Waals surface area contributed by atoms with Crippen LogP contribution < -0.4 is 0 Å². The van der Waals surface area contributed by atoms with Crippen molar-refractivity contribution in [3.05, 3.63) is 76.9 Å². The van der Waals surface area contributed by atoms with E-state index in [1.807, 2.05) is 11.1 Å². The Morgan fingerprint density at radius 2 is 1.51 bits per heavy atom. The Morgan fingerprint density at radius 3 is 2.26 bits per heavy atom. The van der Waals surface area contributed by atoms with E-state index in [1.54, 1.807) is 5.57 Å². The van der Waals surface area contributed by atoms with Gasteiger partial charge < -0.3 is 0 Å². The number of hydrogen-bond donors (Lipinski definition) is 0. The van der Waals surface area contributed by atoms with Gasteiger partial charge >= 0.3 is 0 Å². The monoisotopic (exact) mass is 519 g/mol. The van der Waals surface area contributed by atoms with Crippen molar-refractivity contribution in [2.45, 2.75) is 95.9 Å². The Kier molecular flexibility index (Phi) is 6.71. The molecule has 0 amide bonds.